The normalized spacial score (nSPS) is 15.6. The lowest BCUT2D eigenvalue weighted by atomic mass is 9.87. The highest BCUT2D eigenvalue weighted by Crippen LogP contribution is 2.49. The Hall–Kier alpha value is -2.77. The lowest BCUT2D eigenvalue weighted by Gasteiger charge is -2.20. The topological polar surface area (TPSA) is 66.8 Å². The van der Waals surface area contributed by atoms with E-state index >= 15 is 0 Å². The highest BCUT2D eigenvalue weighted by Gasteiger charge is 2.34. The van der Waals surface area contributed by atoms with Crippen LogP contribution in [-0.4, -0.2) is 22.6 Å². The second-order valence-corrected chi connectivity index (χ2v) is 6.20. The van der Waals surface area contributed by atoms with Gasteiger partial charge in [0.1, 0.15) is 6.61 Å². The number of hydrogen-bond donors (Lipinski definition) is 2. The number of rotatable bonds is 5. The summed E-state index contributed by atoms with van der Waals surface area (Å²) in [5, 5.41) is 20.9. The summed E-state index contributed by atoms with van der Waals surface area (Å²) >= 11 is 0. The summed E-state index contributed by atoms with van der Waals surface area (Å²) in [4.78, 5) is 12.1. The molecule has 0 aliphatic heterocycles. The maximum atomic E-state index is 12.1. The number of aromatic hydroxyl groups is 2. The maximum Gasteiger partial charge on any atom is 0.169 e. The van der Waals surface area contributed by atoms with E-state index in [4.69, 9.17) is 11.2 Å². The third kappa shape index (κ3) is 2.99. The first-order valence-corrected chi connectivity index (χ1v) is 8.22. The molecule has 2 aromatic rings. The van der Waals surface area contributed by atoms with Crippen molar-refractivity contribution in [3.05, 3.63) is 58.1 Å². The van der Waals surface area contributed by atoms with Gasteiger partial charge in [0, 0.05) is 11.5 Å². The summed E-state index contributed by atoms with van der Waals surface area (Å²) in [6.07, 6.45) is 6.70. The first-order chi connectivity index (χ1) is 12.1. The van der Waals surface area contributed by atoms with E-state index in [-0.39, 0.29) is 42.0 Å². The highest BCUT2D eigenvalue weighted by atomic mass is 16.5. The molecule has 0 saturated heterocycles. The Morgan fingerprint density at radius 3 is 2.64 bits per heavy atom. The maximum absolute atomic E-state index is 12.1. The van der Waals surface area contributed by atoms with Crippen molar-refractivity contribution in [2.45, 2.75) is 32.3 Å². The molecule has 4 nitrogen and oxygen atoms in total. The van der Waals surface area contributed by atoms with Crippen LogP contribution >= 0.6 is 0 Å². The SMILES string of the molecule is C#CCOCc1c(O)c(O)c(C(C)=O)c2c1C(c1ccccc1)CC2. The van der Waals surface area contributed by atoms with Gasteiger partial charge in [0.05, 0.1) is 12.2 Å². The van der Waals surface area contributed by atoms with E-state index < -0.39 is 0 Å². The standard InChI is InChI=1S/C21H20O4/c1-3-11-25-12-17-19-15(14-7-5-4-6-8-14)9-10-16(19)18(13(2)22)21(24)20(17)23/h1,4-8,15,23-24H,9-12H2,2H3. The number of fused-ring (bicyclic) bond motifs is 1. The molecule has 0 radical (unpaired) electrons. The molecule has 0 fully saturated rings. The number of ketones is 1. The molecule has 128 valence electrons. The number of carbonyl (C=O) groups is 1. The second kappa shape index (κ2) is 7.00. The fraction of sp³-hybridized carbons (Fsp3) is 0.286. The van der Waals surface area contributed by atoms with Gasteiger partial charge in [0.15, 0.2) is 17.3 Å². The zero-order valence-electron chi connectivity index (χ0n) is 14.1. The van der Waals surface area contributed by atoms with E-state index in [1.807, 2.05) is 30.3 Å². The van der Waals surface area contributed by atoms with Crippen LogP contribution in [0.25, 0.3) is 0 Å². The summed E-state index contributed by atoms with van der Waals surface area (Å²) in [5.74, 6) is 1.53. The molecule has 0 amide bonds. The van der Waals surface area contributed by atoms with Gasteiger partial charge >= 0.3 is 0 Å². The van der Waals surface area contributed by atoms with Crippen molar-refractivity contribution < 1.29 is 19.7 Å². The third-order valence-corrected chi connectivity index (χ3v) is 4.72. The van der Waals surface area contributed by atoms with Gasteiger partial charge in [-0.25, -0.2) is 0 Å². The monoisotopic (exact) mass is 336 g/mol. The second-order valence-electron chi connectivity index (χ2n) is 6.20. The number of phenolic OH excluding ortho intramolecular Hbond substituents is 2. The zero-order valence-corrected chi connectivity index (χ0v) is 14.1. The molecule has 1 aliphatic carbocycles. The molecule has 0 heterocycles. The molecule has 1 atom stereocenters. The fourth-order valence-corrected chi connectivity index (χ4v) is 3.72. The van der Waals surface area contributed by atoms with Crippen molar-refractivity contribution in [1.29, 1.82) is 0 Å². The zero-order chi connectivity index (χ0) is 18.0. The average molecular weight is 336 g/mol. The number of Topliss-reactive ketones (excluding diaryl/α,β-unsaturated/α-hetero) is 1. The highest BCUT2D eigenvalue weighted by molar-refractivity contribution is 6.00. The lowest BCUT2D eigenvalue weighted by Crippen LogP contribution is -2.08. The summed E-state index contributed by atoms with van der Waals surface area (Å²) in [7, 11) is 0. The molecule has 4 heteroatoms. The van der Waals surface area contributed by atoms with Crippen LogP contribution in [0.15, 0.2) is 30.3 Å². The van der Waals surface area contributed by atoms with E-state index in [2.05, 4.69) is 5.92 Å². The van der Waals surface area contributed by atoms with Crippen molar-refractivity contribution in [2.24, 2.45) is 0 Å². The van der Waals surface area contributed by atoms with Crippen molar-refractivity contribution in [3.63, 3.8) is 0 Å². The lowest BCUT2D eigenvalue weighted by molar-refractivity contribution is 0.101. The van der Waals surface area contributed by atoms with Crippen LogP contribution in [0, 0.1) is 12.3 Å². The van der Waals surface area contributed by atoms with Crippen molar-refractivity contribution >= 4 is 5.78 Å². The Kier molecular flexibility index (Phi) is 4.78. The van der Waals surface area contributed by atoms with Gasteiger partial charge in [-0.2, -0.15) is 0 Å². The summed E-state index contributed by atoms with van der Waals surface area (Å²) < 4.78 is 5.42. The van der Waals surface area contributed by atoms with Gasteiger partial charge in [0.25, 0.3) is 0 Å². The fourth-order valence-electron chi connectivity index (χ4n) is 3.72. The number of ether oxygens (including phenoxy) is 1. The Morgan fingerprint density at radius 1 is 1.28 bits per heavy atom. The van der Waals surface area contributed by atoms with Crippen LogP contribution in [-0.2, 0) is 17.8 Å². The quantitative estimate of drug-likeness (QED) is 0.379. The Labute approximate surface area is 147 Å². The number of phenols is 2. The molecule has 0 bridgehead atoms. The van der Waals surface area contributed by atoms with E-state index in [0.717, 1.165) is 23.1 Å². The molecular weight excluding hydrogens is 316 g/mol. The average Bonchev–Trinajstić information content (AvgIpc) is 3.03. The van der Waals surface area contributed by atoms with Crippen molar-refractivity contribution in [3.8, 4) is 23.8 Å². The van der Waals surface area contributed by atoms with Crippen LogP contribution in [0.4, 0.5) is 0 Å². The van der Waals surface area contributed by atoms with Gasteiger partial charge < -0.3 is 14.9 Å². The van der Waals surface area contributed by atoms with Crippen molar-refractivity contribution in [1.82, 2.24) is 0 Å². The summed E-state index contributed by atoms with van der Waals surface area (Å²) in [5.41, 5.74) is 3.52. The molecule has 2 aromatic carbocycles. The van der Waals surface area contributed by atoms with Crippen LogP contribution in [0.5, 0.6) is 11.5 Å². The van der Waals surface area contributed by atoms with Gasteiger partial charge in [-0.3, -0.25) is 4.79 Å². The van der Waals surface area contributed by atoms with E-state index in [1.165, 1.54) is 6.92 Å². The predicted octanol–water partition coefficient (Wildman–Crippen LogP) is 3.53. The van der Waals surface area contributed by atoms with Crippen molar-refractivity contribution in [2.75, 3.05) is 6.61 Å². The minimum atomic E-state index is -0.362. The van der Waals surface area contributed by atoms with Crippen LogP contribution in [0.1, 0.15) is 51.9 Å². The third-order valence-electron chi connectivity index (χ3n) is 4.72. The molecular formula is C21H20O4. The van der Waals surface area contributed by atoms with Crippen LogP contribution in [0.2, 0.25) is 0 Å². The Balaban J connectivity index is 2.19. The van der Waals surface area contributed by atoms with Crippen LogP contribution in [0.3, 0.4) is 0 Å². The van der Waals surface area contributed by atoms with Crippen LogP contribution < -0.4 is 0 Å². The largest absolute Gasteiger partial charge is 0.504 e. The molecule has 0 aromatic heterocycles. The van der Waals surface area contributed by atoms with Gasteiger partial charge in [0.2, 0.25) is 0 Å². The van der Waals surface area contributed by atoms with E-state index in [1.54, 1.807) is 0 Å². The Morgan fingerprint density at radius 2 is 2.00 bits per heavy atom. The number of benzene rings is 2. The van der Waals surface area contributed by atoms with E-state index in [9.17, 15) is 15.0 Å². The molecule has 2 N–H and O–H groups in total. The first kappa shape index (κ1) is 17.1. The van der Waals surface area contributed by atoms with Gasteiger partial charge in [-0.1, -0.05) is 36.3 Å². The number of terminal acetylenes is 1. The molecule has 25 heavy (non-hydrogen) atoms. The molecule has 3 rings (SSSR count). The molecule has 0 spiro atoms. The van der Waals surface area contributed by atoms with E-state index in [0.29, 0.717) is 12.0 Å². The van der Waals surface area contributed by atoms with Gasteiger partial charge in [-0.05, 0) is 36.5 Å². The Bertz CT molecular complexity index is 847. The molecule has 1 aliphatic rings. The first-order valence-electron chi connectivity index (χ1n) is 8.22. The minimum absolute atomic E-state index is 0.0465. The van der Waals surface area contributed by atoms with Gasteiger partial charge in [-0.15, -0.1) is 6.42 Å². The summed E-state index contributed by atoms with van der Waals surface area (Å²) in [6, 6.07) is 9.94. The minimum Gasteiger partial charge on any atom is -0.504 e. The number of hydrogen-bond acceptors (Lipinski definition) is 4. The smallest absolute Gasteiger partial charge is 0.169 e. The predicted molar refractivity (Wildman–Crippen MR) is 94.9 cm³/mol. The molecule has 0 saturated carbocycles. The molecule has 1 unspecified atom stereocenters. The number of carbonyl (C=O) groups excluding carboxylic acids is 1. The summed E-state index contributed by atoms with van der Waals surface area (Å²) in [6.45, 7) is 1.60.